The van der Waals surface area contributed by atoms with Gasteiger partial charge in [0.25, 0.3) is 0 Å². The Kier molecular flexibility index (Phi) is 10.1. The number of nitrogens with one attached hydrogen (secondary N) is 2. The van der Waals surface area contributed by atoms with Crippen molar-refractivity contribution in [3.05, 3.63) is 157 Å². The van der Waals surface area contributed by atoms with Crippen LogP contribution >= 0.6 is 0 Å². The number of benzene rings is 6. The van der Waals surface area contributed by atoms with Gasteiger partial charge >= 0.3 is 6.36 Å². The third kappa shape index (κ3) is 8.32. The summed E-state index contributed by atoms with van der Waals surface area (Å²) in [7, 11) is 1.66. The van der Waals surface area contributed by atoms with Gasteiger partial charge in [-0.3, -0.25) is 10.9 Å². The van der Waals surface area contributed by atoms with Crippen molar-refractivity contribution >= 4 is 67.4 Å². The van der Waals surface area contributed by atoms with Crippen molar-refractivity contribution in [1.29, 1.82) is 0 Å². The van der Waals surface area contributed by atoms with Crippen molar-refractivity contribution in [2.75, 3.05) is 18.0 Å². The number of alkyl halides is 3. The lowest BCUT2D eigenvalue weighted by molar-refractivity contribution is -0.274. The van der Waals surface area contributed by atoms with Crippen LogP contribution < -0.4 is 20.3 Å². The van der Waals surface area contributed by atoms with E-state index in [9.17, 15) is 13.2 Å². The highest BCUT2D eigenvalue weighted by atomic mass is 19.4. The van der Waals surface area contributed by atoms with Gasteiger partial charge < -0.3 is 9.47 Å². The second kappa shape index (κ2) is 15.5. The van der Waals surface area contributed by atoms with E-state index in [1.165, 1.54) is 30.5 Å². The Morgan fingerprint density at radius 3 is 1.17 bits per heavy atom. The number of ether oxygens (including phenoxy) is 2. The first-order chi connectivity index (χ1) is 25.8. The van der Waals surface area contributed by atoms with Gasteiger partial charge in [0.05, 0.1) is 53.0 Å². The fourth-order valence-corrected chi connectivity index (χ4v) is 5.71. The predicted octanol–water partition coefficient (Wildman–Crippen LogP) is 10.6. The summed E-state index contributed by atoms with van der Waals surface area (Å²) < 4.78 is 45.7. The molecule has 0 fully saturated rings. The van der Waals surface area contributed by atoms with Gasteiger partial charge in [-0.2, -0.15) is 10.2 Å². The molecule has 0 aliphatic carbocycles. The number of hydrazone groups is 2. The van der Waals surface area contributed by atoms with E-state index in [-0.39, 0.29) is 5.75 Å². The predicted molar refractivity (Wildman–Crippen MR) is 207 cm³/mol. The van der Waals surface area contributed by atoms with E-state index in [1.807, 2.05) is 109 Å². The molecule has 53 heavy (non-hydrogen) atoms. The molecule has 0 radical (unpaired) electrons. The van der Waals surface area contributed by atoms with Crippen molar-refractivity contribution in [1.82, 2.24) is 9.97 Å². The molecular formula is C42H31F3N6O2. The molecule has 2 heterocycles. The van der Waals surface area contributed by atoms with E-state index >= 15 is 0 Å². The first kappa shape index (κ1) is 34.4. The molecule has 0 aliphatic heterocycles. The summed E-state index contributed by atoms with van der Waals surface area (Å²) in [5.74, 6) is 0.556. The van der Waals surface area contributed by atoms with E-state index in [4.69, 9.17) is 9.72 Å². The van der Waals surface area contributed by atoms with E-state index in [0.717, 1.165) is 66.3 Å². The monoisotopic (exact) mass is 708 g/mol. The maximum Gasteiger partial charge on any atom is 0.573 e. The van der Waals surface area contributed by atoms with Crippen LogP contribution in [0.1, 0.15) is 11.1 Å². The van der Waals surface area contributed by atoms with E-state index in [2.05, 4.69) is 42.9 Å². The average molecular weight is 709 g/mol. The third-order valence-electron chi connectivity index (χ3n) is 8.18. The van der Waals surface area contributed by atoms with E-state index in [0.29, 0.717) is 5.56 Å². The molecule has 0 saturated heterocycles. The van der Waals surface area contributed by atoms with Crippen LogP contribution in [0.3, 0.4) is 0 Å². The van der Waals surface area contributed by atoms with E-state index in [1.54, 1.807) is 13.3 Å². The number of anilines is 2. The maximum absolute atomic E-state index is 12.2. The van der Waals surface area contributed by atoms with Crippen LogP contribution in [0, 0.1) is 0 Å². The minimum absolute atomic E-state index is 0.274. The number of halogens is 3. The molecule has 262 valence electrons. The SMILES string of the molecule is COc1ccc(C=NNc2c3ccccc3nc3ccccc23)cc1.FC(F)(F)Oc1ccc(C=NNc2c3ccccc3nc3ccccc23)cc1. The number of hydrogen-bond donors (Lipinski definition) is 2. The van der Waals surface area contributed by atoms with Crippen molar-refractivity contribution in [3.63, 3.8) is 0 Å². The van der Waals surface area contributed by atoms with Crippen LogP contribution in [-0.4, -0.2) is 35.9 Å². The molecule has 0 aliphatic rings. The lowest BCUT2D eigenvalue weighted by atomic mass is 10.1. The van der Waals surface area contributed by atoms with Gasteiger partial charge in [-0.15, -0.1) is 13.2 Å². The minimum atomic E-state index is -4.71. The second-order valence-electron chi connectivity index (χ2n) is 11.7. The number of rotatable bonds is 8. The van der Waals surface area contributed by atoms with Gasteiger partial charge in [0.1, 0.15) is 11.5 Å². The van der Waals surface area contributed by atoms with Crippen LogP contribution in [0.25, 0.3) is 43.6 Å². The summed E-state index contributed by atoms with van der Waals surface area (Å²) in [5.41, 5.74) is 13.2. The first-order valence-corrected chi connectivity index (χ1v) is 16.5. The highest BCUT2D eigenvalue weighted by Crippen LogP contribution is 2.32. The summed E-state index contributed by atoms with van der Waals surface area (Å²) >= 11 is 0. The highest BCUT2D eigenvalue weighted by Gasteiger charge is 2.30. The topological polar surface area (TPSA) is 93.0 Å². The van der Waals surface area contributed by atoms with Gasteiger partial charge in [-0.1, -0.05) is 72.8 Å². The summed E-state index contributed by atoms with van der Waals surface area (Å²) in [6.07, 6.45) is -1.38. The van der Waals surface area contributed by atoms with Gasteiger partial charge in [0.2, 0.25) is 0 Å². The number of fused-ring (bicyclic) bond motifs is 4. The standard InChI is InChI=1S/C21H14F3N3O.C21H17N3O/c22-21(23,24)28-15-11-9-14(10-12-15)13-25-27-20-16-5-1-3-7-18(16)26-19-8-4-2-6-17(19)20;1-25-16-12-10-15(11-13-16)14-22-24-21-17-6-2-4-8-19(17)23-20-9-5-3-7-18(20)21/h1-13H,(H,26,27);2-14H,1H3,(H,23,24). The molecule has 0 unspecified atom stereocenters. The molecule has 8 rings (SSSR count). The van der Waals surface area contributed by atoms with Gasteiger partial charge in [0.15, 0.2) is 0 Å². The number of pyridine rings is 2. The zero-order valence-corrected chi connectivity index (χ0v) is 28.3. The van der Waals surface area contributed by atoms with Crippen molar-refractivity contribution in [2.24, 2.45) is 10.2 Å². The summed E-state index contributed by atoms with van der Waals surface area (Å²) in [6.45, 7) is 0. The summed E-state index contributed by atoms with van der Waals surface area (Å²) in [6, 6.07) is 44.8. The largest absolute Gasteiger partial charge is 0.573 e. The molecular weight excluding hydrogens is 677 g/mol. The Morgan fingerprint density at radius 1 is 0.491 bits per heavy atom. The van der Waals surface area contributed by atoms with Crippen LogP contribution in [0.4, 0.5) is 24.5 Å². The maximum atomic E-state index is 12.2. The number of hydrogen-bond acceptors (Lipinski definition) is 8. The third-order valence-corrected chi connectivity index (χ3v) is 8.18. The minimum Gasteiger partial charge on any atom is -0.497 e. The molecule has 0 atom stereocenters. The molecule has 6 aromatic carbocycles. The number of methoxy groups -OCH3 is 1. The Balaban J connectivity index is 0.000000165. The Bertz CT molecular complexity index is 2470. The van der Waals surface area contributed by atoms with Crippen LogP contribution in [0.2, 0.25) is 0 Å². The highest BCUT2D eigenvalue weighted by molar-refractivity contribution is 6.08. The number of para-hydroxylation sites is 4. The molecule has 2 N–H and O–H groups in total. The lowest BCUT2D eigenvalue weighted by Crippen LogP contribution is -2.17. The van der Waals surface area contributed by atoms with E-state index < -0.39 is 6.36 Å². The summed E-state index contributed by atoms with van der Waals surface area (Å²) in [5, 5.41) is 12.6. The Morgan fingerprint density at radius 2 is 0.830 bits per heavy atom. The van der Waals surface area contributed by atoms with Crippen LogP contribution in [0.5, 0.6) is 11.5 Å². The molecule has 8 nitrogen and oxygen atoms in total. The van der Waals surface area contributed by atoms with Crippen LogP contribution in [-0.2, 0) is 0 Å². The molecule has 8 aromatic rings. The van der Waals surface area contributed by atoms with Crippen molar-refractivity contribution < 1.29 is 22.6 Å². The van der Waals surface area contributed by atoms with Gasteiger partial charge in [-0.05, 0) is 83.9 Å². The molecule has 11 heteroatoms. The smallest absolute Gasteiger partial charge is 0.497 e. The summed E-state index contributed by atoms with van der Waals surface area (Å²) in [4.78, 5) is 9.36. The lowest BCUT2D eigenvalue weighted by Gasteiger charge is -2.10. The van der Waals surface area contributed by atoms with Crippen molar-refractivity contribution in [2.45, 2.75) is 6.36 Å². The first-order valence-electron chi connectivity index (χ1n) is 16.5. The normalized spacial score (nSPS) is 11.6. The Labute approximate surface area is 302 Å². The average Bonchev–Trinajstić information content (AvgIpc) is 3.18. The number of nitrogens with zero attached hydrogens (tertiary/aromatic N) is 4. The molecule has 2 aromatic heterocycles. The molecule has 0 spiro atoms. The van der Waals surface area contributed by atoms with Gasteiger partial charge in [-0.25, -0.2) is 9.97 Å². The van der Waals surface area contributed by atoms with Crippen LogP contribution in [0.15, 0.2) is 156 Å². The molecule has 0 saturated carbocycles. The molecule has 0 amide bonds. The number of aromatic nitrogens is 2. The zero-order valence-electron chi connectivity index (χ0n) is 28.3. The second-order valence-corrected chi connectivity index (χ2v) is 11.7. The zero-order chi connectivity index (χ0) is 36.6. The van der Waals surface area contributed by atoms with Crippen molar-refractivity contribution in [3.8, 4) is 11.5 Å². The van der Waals surface area contributed by atoms with Gasteiger partial charge in [0, 0.05) is 21.5 Å². The quantitative estimate of drug-likeness (QED) is 0.0927. The Hall–Kier alpha value is -7.01. The molecule has 0 bridgehead atoms. The fraction of sp³-hybridized carbons (Fsp3) is 0.0476. The fourth-order valence-electron chi connectivity index (χ4n) is 5.71.